The molecule has 2 heterocycles. The fourth-order valence-corrected chi connectivity index (χ4v) is 5.21. The van der Waals surface area contributed by atoms with Gasteiger partial charge in [0.2, 0.25) is 17.7 Å². The average molecular weight is 614 g/mol. The van der Waals surface area contributed by atoms with Gasteiger partial charge in [0, 0.05) is 36.7 Å². The number of aliphatic carboxylic acids is 1. The predicted molar refractivity (Wildman–Crippen MR) is 166 cm³/mol. The molecule has 0 aliphatic carbocycles. The van der Waals surface area contributed by atoms with Crippen molar-refractivity contribution in [1.82, 2.24) is 20.5 Å². The van der Waals surface area contributed by atoms with E-state index in [4.69, 9.17) is 28.7 Å². The van der Waals surface area contributed by atoms with Crippen molar-refractivity contribution in [2.45, 2.75) is 69.1 Å². The summed E-state index contributed by atoms with van der Waals surface area (Å²) >= 11 is 0. The van der Waals surface area contributed by atoms with E-state index in [1.54, 1.807) is 0 Å². The van der Waals surface area contributed by atoms with Crippen LogP contribution in [0.25, 0.3) is 10.9 Å². The summed E-state index contributed by atoms with van der Waals surface area (Å²) in [4.78, 5) is 64.3. The van der Waals surface area contributed by atoms with E-state index in [2.05, 4.69) is 25.6 Å². The minimum atomic E-state index is -1.25. The lowest BCUT2D eigenvalue weighted by molar-refractivity contribution is -0.143. The molecule has 16 nitrogen and oxygen atoms in total. The molecule has 0 bridgehead atoms. The molecule has 3 rings (SSSR count). The van der Waals surface area contributed by atoms with Crippen molar-refractivity contribution in [1.29, 1.82) is 0 Å². The van der Waals surface area contributed by atoms with Crippen molar-refractivity contribution in [3.05, 3.63) is 36.0 Å². The maximum atomic E-state index is 13.5. The molecule has 1 aromatic carbocycles. The molecule has 4 atom stereocenters. The first-order valence-electron chi connectivity index (χ1n) is 14.5. The Hall–Kier alpha value is -4.86. The van der Waals surface area contributed by atoms with Crippen LogP contribution in [0.15, 0.2) is 40.4 Å². The molecule has 0 saturated carbocycles. The Morgan fingerprint density at radius 3 is 2.25 bits per heavy atom. The van der Waals surface area contributed by atoms with E-state index in [-0.39, 0.29) is 50.2 Å². The van der Waals surface area contributed by atoms with Crippen molar-refractivity contribution >= 4 is 46.5 Å². The highest BCUT2D eigenvalue weighted by atomic mass is 16.4. The Morgan fingerprint density at radius 2 is 1.61 bits per heavy atom. The van der Waals surface area contributed by atoms with E-state index in [0.29, 0.717) is 32.2 Å². The van der Waals surface area contributed by atoms with Crippen LogP contribution in [0, 0.1) is 0 Å². The normalized spacial score (nSPS) is 16.5. The van der Waals surface area contributed by atoms with Crippen molar-refractivity contribution in [2.75, 3.05) is 19.6 Å². The number of likely N-dealkylation sites (tertiary alicyclic amines) is 1. The Kier molecular flexibility index (Phi) is 12.3. The van der Waals surface area contributed by atoms with Crippen LogP contribution in [0.1, 0.15) is 44.1 Å². The molecule has 44 heavy (non-hydrogen) atoms. The zero-order chi connectivity index (χ0) is 32.2. The zero-order valence-electron chi connectivity index (χ0n) is 24.6. The van der Waals surface area contributed by atoms with E-state index in [0.717, 1.165) is 16.5 Å². The smallest absolute Gasteiger partial charge is 0.326 e. The summed E-state index contributed by atoms with van der Waals surface area (Å²) in [5.74, 6) is -3.08. The van der Waals surface area contributed by atoms with Gasteiger partial charge in [0.25, 0.3) is 0 Å². The van der Waals surface area contributed by atoms with Gasteiger partial charge >= 0.3 is 5.97 Å². The summed E-state index contributed by atoms with van der Waals surface area (Å²) < 4.78 is 0. The first-order chi connectivity index (χ1) is 21.0. The molecule has 1 aliphatic heterocycles. The highest BCUT2D eigenvalue weighted by Gasteiger charge is 2.38. The molecule has 1 fully saturated rings. The molecular weight excluding hydrogens is 570 g/mol. The standard InChI is InChI=1S/C28H43N11O5/c29-18(14-16-15-36-19-7-2-1-6-17(16)19)25(42)39-13-5-10-22(39)24(41)37-20(8-3-11-34-27(30)31)23(40)38-21(26(43)44)9-4-12-35-28(32)33/h1-2,6-7,15,18,20-22,36H,3-5,8-14,29H2,(H,37,41)(H,38,40)(H,43,44)(H4,30,31,34)(H4,32,33,35). The molecule has 0 spiro atoms. The summed E-state index contributed by atoms with van der Waals surface area (Å²) in [5, 5.41) is 15.8. The Labute approximate surface area is 254 Å². The van der Waals surface area contributed by atoms with Gasteiger partial charge < -0.3 is 54.3 Å². The number of amides is 3. The van der Waals surface area contributed by atoms with Gasteiger partial charge in [0.15, 0.2) is 11.9 Å². The molecule has 1 saturated heterocycles. The number of nitrogens with two attached hydrogens (primary N) is 5. The summed E-state index contributed by atoms with van der Waals surface area (Å²) in [5.41, 5.74) is 29.5. The molecule has 1 aliphatic rings. The van der Waals surface area contributed by atoms with E-state index in [9.17, 15) is 24.3 Å². The highest BCUT2D eigenvalue weighted by molar-refractivity contribution is 5.94. The van der Waals surface area contributed by atoms with E-state index in [1.165, 1.54) is 4.90 Å². The highest BCUT2D eigenvalue weighted by Crippen LogP contribution is 2.22. The predicted octanol–water partition coefficient (Wildman–Crippen LogP) is -1.81. The van der Waals surface area contributed by atoms with Gasteiger partial charge in [-0.1, -0.05) is 18.2 Å². The number of hydrogen-bond donors (Lipinski definition) is 9. The molecule has 1 aromatic heterocycles. The monoisotopic (exact) mass is 613 g/mol. The van der Waals surface area contributed by atoms with Crippen LogP contribution in [-0.4, -0.2) is 94.4 Å². The molecule has 0 radical (unpaired) electrons. The minimum Gasteiger partial charge on any atom is -0.480 e. The molecular formula is C28H43N11O5. The lowest BCUT2D eigenvalue weighted by Crippen LogP contribution is -2.56. The third-order valence-electron chi connectivity index (χ3n) is 7.41. The van der Waals surface area contributed by atoms with Gasteiger partial charge in [-0.25, -0.2) is 4.79 Å². The number of aliphatic imine (C=N–C) groups is 2. The molecule has 14 N–H and O–H groups in total. The molecule has 16 heteroatoms. The lowest BCUT2D eigenvalue weighted by Gasteiger charge is -2.28. The number of aromatic nitrogens is 1. The topological polar surface area (TPSA) is 286 Å². The molecule has 3 amide bonds. The lowest BCUT2D eigenvalue weighted by atomic mass is 10.0. The number of carboxylic acids is 1. The third kappa shape index (κ3) is 9.58. The van der Waals surface area contributed by atoms with Gasteiger partial charge in [0.05, 0.1) is 6.04 Å². The van der Waals surface area contributed by atoms with Gasteiger partial charge in [0.1, 0.15) is 18.1 Å². The fraction of sp³-hybridized carbons (Fsp3) is 0.500. The maximum absolute atomic E-state index is 13.5. The Bertz CT molecular complexity index is 1370. The number of carboxylic acid groups (broad SMARTS) is 1. The number of para-hydroxylation sites is 1. The van der Waals surface area contributed by atoms with Crippen LogP contribution < -0.4 is 39.3 Å². The number of benzene rings is 1. The van der Waals surface area contributed by atoms with Gasteiger partial charge in [-0.05, 0) is 56.6 Å². The summed E-state index contributed by atoms with van der Waals surface area (Å²) in [6.07, 6.45) is 3.88. The van der Waals surface area contributed by atoms with E-state index < -0.39 is 42.0 Å². The fourth-order valence-electron chi connectivity index (χ4n) is 5.21. The van der Waals surface area contributed by atoms with E-state index in [1.807, 2.05) is 30.5 Å². The van der Waals surface area contributed by atoms with Gasteiger partial charge in [-0.2, -0.15) is 0 Å². The van der Waals surface area contributed by atoms with Crippen LogP contribution in [-0.2, 0) is 25.6 Å². The number of carbonyl (C=O) groups is 4. The zero-order valence-corrected chi connectivity index (χ0v) is 24.6. The largest absolute Gasteiger partial charge is 0.480 e. The van der Waals surface area contributed by atoms with Crippen molar-refractivity contribution in [3.8, 4) is 0 Å². The number of carbonyl (C=O) groups excluding carboxylic acids is 3. The van der Waals surface area contributed by atoms with Crippen molar-refractivity contribution in [2.24, 2.45) is 38.7 Å². The van der Waals surface area contributed by atoms with Crippen molar-refractivity contribution in [3.63, 3.8) is 0 Å². The summed E-state index contributed by atoms with van der Waals surface area (Å²) in [6.45, 7) is 0.727. The van der Waals surface area contributed by atoms with E-state index >= 15 is 0 Å². The maximum Gasteiger partial charge on any atom is 0.326 e. The van der Waals surface area contributed by atoms with Crippen molar-refractivity contribution < 1.29 is 24.3 Å². The van der Waals surface area contributed by atoms with Crippen LogP contribution in [0.5, 0.6) is 0 Å². The second kappa shape index (κ2) is 16.1. The quantitative estimate of drug-likeness (QED) is 0.0581. The number of nitrogens with zero attached hydrogens (tertiary/aromatic N) is 3. The average Bonchev–Trinajstić information content (AvgIpc) is 3.63. The number of rotatable bonds is 16. The third-order valence-corrected chi connectivity index (χ3v) is 7.41. The second-order valence-electron chi connectivity index (χ2n) is 10.7. The number of nitrogens with one attached hydrogen (secondary N) is 3. The number of aromatic amines is 1. The number of H-pyrrole nitrogens is 1. The van der Waals surface area contributed by atoms with Crippen LogP contribution in [0.2, 0.25) is 0 Å². The first-order valence-corrected chi connectivity index (χ1v) is 14.5. The summed E-state index contributed by atoms with van der Waals surface area (Å²) in [6, 6.07) is 3.64. The second-order valence-corrected chi connectivity index (χ2v) is 10.7. The van der Waals surface area contributed by atoms with Crippen LogP contribution in [0.4, 0.5) is 0 Å². The SMILES string of the molecule is NC(N)=NCCCC(NC(=O)C(CCCN=C(N)N)NC(=O)C1CCCN1C(=O)C(N)Cc1c[nH]c2ccccc12)C(=O)O. The molecule has 240 valence electrons. The number of guanidine groups is 2. The van der Waals surface area contributed by atoms with Crippen LogP contribution in [0.3, 0.4) is 0 Å². The summed E-state index contributed by atoms with van der Waals surface area (Å²) in [7, 11) is 0. The minimum absolute atomic E-state index is 0.0613. The van der Waals surface area contributed by atoms with Gasteiger partial charge in [-0.15, -0.1) is 0 Å². The molecule has 4 unspecified atom stereocenters. The number of hydrogen-bond acceptors (Lipinski definition) is 7. The number of fused-ring (bicyclic) bond motifs is 1. The Morgan fingerprint density at radius 1 is 0.977 bits per heavy atom. The molecule has 2 aromatic rings. The van der Waals surface area contributed by atoms with Crippen LogP contribution >= 0.6 is 0 Å². The first kappa shape index (κ1) is 33.6. The Balaban J connectivity index is 1.67. The van der Waals surface area contributed by atoms with Gasteiger partial charge in [-0.3, -0.25) is 24.4 Å².